The molecular weight excluding hydrogens is 412 g/mol. The molecule has 2 amide bonds. The number of para-hydroxylation sites is 1. The van der Waals surface area contributed by atoms with E-state index in [0.29, 0.717) is 5.56 Å². The summed E-state index contributed by atoms with van der Waals surface area (Å²) in [7, 11) is 0. The number of nitrogens with two attached hydrogens (primary N) is 1. The highest BCUT2D eigenvalue weighted by molar-refractivity contribution is 6.08. The molecule has 0 saturated carbocycles. The Bertz CT molecular complexity index is 1380. The SMILES string of the molecule is CCn1c2ccccc2c2cc(CN(C(=O)Cc3ccc(C#N)cc3)C(C)C(N)=O)ccc21. The van der Waals surface area contributed by atoms with Crippen molar-refractivity contribution in [2.24, 2.45) is 5.73 Å². The van der Waals surface area contributed by atoms with Crippen LogP contribution < -0.4 is 5.73 Å². The molecule has 166 valence electrons. The van der Waals surface area contributed by atoms with Gasteiger partial charge in [-0.05, 0) is 55.3 Å². The molecule has 1 aromatic heterocycles. The Morgan fingerprint density at radius 3 is 2.33 bits per heavy atom. The Balaban J connectivity index is 1.67. The van der Waals surface area contributed by atoms with Crippen LogP contribution in [0, 0.1) is 11.3 Å². The van der Waals surface area contributed by atoms with Crippen molar-refractivity contribution < 1.29 is 9.59 Å². The second kappa shape index (κ2) is 9.17. The molecule has 3 aromatic carbocycles. The Morgan fingerprint density at radius 1 is 1.00 bits per heavy atom. The van der Waals surface area contributed by atoms with Gasteiger partial charge in [0.15, 0.2) is 0 Å². The van der Waals surface area contributed by atoms with Gasteiger partial charge in [-0.15, -0.1) is 0 Å². The summed E-state index contributed by atoms with van der Waals surface area (Å²) >= 11 is 0. The highest BCUT2D eigenvalue weighted by Crippen LogP contribution is 2.30. The zero-order chi connectivity index (χ0) is 23.5. The van der Waals surface area contributed by atoms with E-state index in [9.17, 15) is 9.59 Å². The molecular formula is C27H26N4O2. The zero-order valence-electron chi connectivity index (χ0n) is 18.8. The number of carbonyl (C=O) groups excluding carboxylic acids is 2. The third-order valence-electron chi connectivity index (χ3n) is 6.14. The standard InChI is InChI=1S/C27H26N4O2/c1-3-30-24-7-5-4-6-22(24)23-14-21(12-13-25(23)30)17-31(18(2)27(29)33)26(32)15-19-8-10-20(16-28)11-9-19/h4-14,18H,3,15,17H2,1-2H3,(H2,29,33). The van der Waals surface area contributed by atoms with E-state index >= 15 is 0 Å². The van der Waals surface area contributed by atoms with E-state index in [2.05, 4.69) is 41.8 Å². The second-order valence-electron chi connectivity index (χ2n) is 8.20. The van der Waals surface area contributed by atoms with Gasteiger partial charge in [-0.1, -0.05) is 36.4 Å². The van der Waals surface area contributed by atoms with Gasteiger partial charge in [0, 0.05) is 34.9 Å². The van der Waals surface area contributed by atoms with Crippen LogP contribution in [0.5, 0.6) is 0 Å². The summed E-state index contributed by atoms with van der Waals surface area (Å²) in [5.41, 5.74) is 10.1. The molecule has 1 atom stereocenters. The fraction of sp³-hybridized carbons (Fsp3) is 0.222. The lowest BCUT2D eigenvalue weighted by Crippen LogP contribution is -2.46. The van der Waals surface area contributed by atoms with E-state index in [1.165, 1.54) is 10.4 Å². The molecule has 0 fully saturated rings. The molecule has 0 bridgehead atoms. The number of hydrogen-bond donors (Lipinski definition) is 1. The van der Waals surface area contributed by atoms with Crippen molar-refractivity contribution >= 4 is 33.6 Å². The lowest BCUT2D eigenvalue weighted by Gasteiger charge is -2.27. The maximum atomic E-state index is 13.2. The van der Waals surface area contributed by atoms with Crippen LogP contribution in [0.15, 0.2) is 66.7 Å². The van der Waals surface area contributed by atoms with E-state index in [1.54, 1.807) is 31.2 Å². The fourth-order valence-electron chi connectivity index (χ4n) is 4.30. The van der Waals surface area contributed by atoms with Gasteiger partial charge in [0.1, 0.15) is 6.04 Å². The lowest BCUT2D eigenvalue weighted by molar-refractivity contribution is -0.138. The minimum Gasteiger partial charge on any atom is -0.368 e. The number of amides is 2. The van der Waals surface area contributed by atoms with Crippen LogP contribution in [0.4, 0.5) is 0 Å². The highest BCUT2D eigenvalue weighted by atomic mass is 16.2. The van der Waals surface area contributed by atoms with E-state index < -0.39 is 11.9 Å². The first kappa shape index (κ1) is 22.1. The van der Waals surface area contributed by atoms with Crippen LogP contribution in [0.3, 0.4) is 0 Å². The van der Waals surface area contributed by atoms with Crippen LogP contribution in [0.1, 0.15) is 30.5 Å². The quantitative estimate of drug-likeness (QED) is 0.470. The van der Waals surface area contributed by atoms with Crippen LogP contribution in [-0.4, -0.2) is 27.3 Å². The average molecular weight is 439 g/mol. The molecule has 6 nitrogen and oxygen atoms in total. The normalized spacial score (nSPS) is 11.9. The van der Waals surface area contributed by atoms with E-state index in [-0.39, 0.29) is 18.9 Å². The van der Waals surface area contributed by atoms with Crippen molar-refractivity contribution in [3.63, 3.8) is 0 Å². The van der Waals surface area contributed by atoms with Crippen molar-refractivity contribution in [2.75, 3.05) is 0 Å². The molecule has 0 aliphatic heterocycles. The van der Waals surface area contributed by atoms with Gasteiger partial charge in [0.2, 0.25) is 11.8 Å². The predicted octanol–water partition coefficient (Wildman–Crippen LogP) is 4.13. The van der Waals surface area contributed by atoms with Gasteiger partial charge in [0.05, 0.1) is 18.1 Å². The molecule has 6 heteroatoms. The summed E-state index contributed by atoms with van der Waals surface area (Å²) in [5.74, 6) is -0.742. The van der Waals surface area contributed by atoms with Crippen molar-refractivity contribution in [1.29, 1.82) is 5.26 Å². The number of primary amides is 1. The Kier molecular flexibility index (Phi) is 6.14. The molecule has 33 heavy (non-hydrogen) atoms. The monoisotopic (exact) mass is 438 g/mol. The summed E-state index contributed by atoms with van der Waals surface area (Å²) in [6.45, 7) is 4.91. The third kappa shape index (κ3) is 4.31. The van der Waals surface area contributed by atoms with Gasteiger partial charge < -0.3 is 15.2 Å². The second-order valence-corrected chi connectivity index (χ2v) is 8.20. The number of nitriles is 1. The fourth-order valence-corrected chi connectivity index (χ4v) is 4.30. The van der Waals surface area contributed by atoms with Crippen LogP contribution in [-0.2, 0) is 29.1 Å². The van der Waals surface area contributed by atoms with Gasteiger partial charge in [-0.3, -0.25) is 9.59 Å². The number of benzene rings is 3. The molecule has 4 rings (SSSR count). The van der Waals surface area contributed by atoms with Crippen LogP contribution >= 0.6 is 0 Å². The van der Waals surface area contributed by atoms with Crippen molar-refractivity contribution in [1.82, 2.24) is 9.47 Å². The highest BCUT2D eigenvalue weighted by Gasteiger charge is 2.25. The first-order valence-corrected chi connectivity index (χ1v) is 11.0. The number of aromatic nitrogens is 1. The van der Waals surface area contributed by atoms with E-state index in [1.807, 2.05) is 18.2 Å². The number of carbonyl (C=O) groups is 2. The predicted molar refractivity (Wildman–Crippen MR) is 129 cm³/mol. The molecule has 4 aromatic rings. The molecule has 0 saturated heterocycles. The summed E-state index contributed by atoms with van der Waals surface area (Å²) < 4.78 is 2.27. The van der Waals surface area contributed by atoms with Gasteiger partial charge in [-0.2, -0.15) is 5.26 Å². The maximum absolute atomic E-state index is 13.2. The van der Waals surface area contributed by atoms with Crippen LogP contribution in [0.25, 0.3) is 21.8 Å². The smallest absolute Gasteiger partial charge is 0.239 e. The lowest BCUT2D eigenvalue weighted by atomic mass is 10.1. The third-order valence-corrected chi connectivity index (χ3v) is 6.14. The van der Waals surface area contributed by atoms with Crippen molar-refractivity contribution in [2.45, 2.75) is 39.4 Å². The van der Waals surface area contributed by atoms with Crippen molar-refractivity contribution in [3.8, 4) is 6.07 Å². The number of aryl methyl sites for hydroxylation is 1. The first-order valence-electron chi connectivity index (χ1n) is 11.0. The maximum Gasteiger partial charge on any atom is 0.239 e. The van der Waals surface area contributed by atoms with Crippen molar-refractivity contribution in [3.05, 3.63) is 83.4 Å². The van der Waals surface area contributed by atoms with E-state index in [0.717, 1.165) is 34.0 Å². The number of hydrogen-bond acceptors (Lipinski definition) is 3. The number of nitrogens with zero attached hydrogens (tertiary/aromatic N) is 3. The van der Waals surface area contributed by atoms with Crippen LogP contribution in [0.2, 0.25) is 0 Å². The van der Waals surface area contributed by atoms with Gasteiger partial charge in [-0.25, -0.2) is 0 Å². The Morgan fingerprint density at radius 2 is 1.67 bits per heavy atom. The molecule has 2 N–H and O–H groups in total. The molecule has 1 unspecified atom stereocenters. The first-order chi connectivity index (χ1) is 15.9. The zero-order valence-corrected chi connectivity index (χ0v) is 18.8. The summed E-state index contributed by atoms with van der Waals surface area (Å²) in [4.78, 5) is 26.7. The van der Waals surface area contributed by atoms with Gasteiger partial charge >= 0.3 is 0 Å². The summed E-state index contributed by atoms with van der Waals surface area (Å²) in [6, 6.07) is 22.7. The molecule has 0 aliphatic rings. The Hall–Kier alpha value is -4.11. The average Bonchev–Trinajstić information content (AvgIpc) is 3.15. The summed E-state index contributed by atoms with van der Waals surface area (Å²) in [6.07, 6.45) is 0.126. The summed E-state index contributed by atoms with van der Waals surface area (Å²) in [5, 5.41) is 11.3. The molecule has 0 aliphatic carbocycles. The minimum atomic E-state index is -0.747. The number of rotatable bonds is 7. The number of fused-ring (bicyclic) bond motifs is 3. The van der Waals surface area contributed by atoms with Gasteiger partial charge in [0.25, 0.3) is 0 Å². The van der Waals surface area contributed by atoms with E-state index in [4.69, 9.17) is 11.0 Å². The molecule has 1 heterocycles. The largest absolute Gasteiger partial charge is 0.368 e. The minimum absolute atomic E-state index is 0.126. The molecule has 0 radical (unpaired) electrons. The Labute approximate surface area is 192 Å². The topological polar surface area (TPSA) is 92.1 Å². The molecule has 0 spiro atoms.